The molecule has 0 fully saturated rings. The first-order chi connectivity index (χ1) is 11.3. The number of nitrogens with one attached hydrogen (secondary N) is 1. The van der Waals surface area contributed by atoms with Crippen molar-refractivity contribution in [1.82, 2.24) is 0 Å². The van der Waals surface area contributed by atoms with Crippen LogP contribution in [0, 0.1) is 4.91 Å². The summed E-state index contributed by atoms with van der Waals surface area (Å²) in [6, 6.07) is 15.2. The molecule has 0 saturated carbocycles. The van der Waals surface area contributed by atoms with E-state index in [9.17, 15) is 4.91 Å². The van der Waals surface area contributed by atoms with Crippen LogP contribution < -0.4 is 10.3 Å². The van der Waals surface area contributed by atoms with E-state index in [1.165, 1.54) is 5.01 Å². The lowest BCUT2D eigenvalue weighted by Crippen LogP contribution is -2.00. The highest BCUT2D eigenvalue weighted by atomic mass is 35.5. The molecule has 0 radical (unpaired) electrons. The van der Waals surface area contributed by atoms with Crippen molar-refractivity contribution < 1.29 is 4.42 Å². The van der Waals surface area contributed by atoms with Crippen LogP contribution in [0.2, 0.25) is 5.02 Å². The highest BCUT2D eigenvalue weighted by Gasteiger charge is 2.31. The minimum Gasteiger partial charge on any atom is -0.467 e. The molecule has 23 heavy (non-hydrogen) atoms. The lowest BCUT2D eigenvalue weighted by molar-refractivity contribution is 0.518. The van der Waals surface area contributed by atoms with Gasteiger partial charge in [0.15, 0.2) is 0 Å². The van der Waals surface area contributed by atoms with Gasteiger partial charge in [0.1, 0.15) is 5.76 Å². The van der Waals surface area contributed by atoms with Gasteiger partial charge in [-0.15, -0.1) is 4.91 Å². The molecule has 0 aliphatic carbocycles. The molecule has 6 heteroatoms. The number of hydrogen-bond acceptors (Lipinski definition) is 4. The van der Waals surface area contributed by atoms with Crippen LogP contribution in [0.3, 0.4) is 0 Å². The Morgan fingerprint density at radius 3 is 2.83 bits per heavy atom. The average molecular weight is 326 g/mol. The van der Waals surface area contributed by atoms with E-state index in [-0.39, 0.29) is 0 Å². The van der Waals surface area contributed by atoms with Crippen LogP contribution in [0.1, 0.15) is 5.76 Å². The fourth-order valence-corrected chi connectivity index (χ4v) is 2.92. The summed E-state index contributed by atoms with van der Waals surface area (Å²) in [5.74, 6) is 0.840. The molecule has 0 spiro atoms. The Bertz CT molecular complexity index is 878. The molecule has 114 valence electrons. The summed E-state index contributed by atoms with van der Waals surface area (Å²) < 4.78 is 5.34. The van der Waals surface area contributed by atoms with E-state index < -0.39 is 0 Å². The van der Waals surface area contributed by atoms with E-state index in [1.54, 1.807) is 6.26 Å². The summed E-state index contributed by atoms with van der Waals surface area (Å²) in [4.78, 5) is 10.7. The maximum absolute atomic E-state index is 10.7. The summed E-state index contributed by atoms with van der Waals surface area (Å²) in [5, 5.41) is 8.28. The van der Waals surface area contributed by atoms with Gasteiger partial charge < -0.3 is 9.73 Å². The Morgan fingerprint density at radius 2 is 2.04 bits per heavy atom. The van der Waals surface area contributed by atoms with Crippen LogP contribution in [0.15, 0.2) is 64.5 Å². The Balaban J connectivity index is 1.68. The Kier molecular flexibility index (Phi) is 3.28. The molecule has 0 bridgehead atoms. The summed E-state index contributed by atoms with van der Waals surface area (Å²) in [6.45, 7) is 0.563. The summed E-state index contributed by atoms with van der Waals surface area (Å²) >= 11 is 6.40. The molecule has 0 unspecified atom stereocenters. The SMILES string of the molecule is O=NN1c2ccc(-c3c(Cl)cccc3NCc3ccco3)cc21. The molecule has 1 aromatic heterocycles. The van der Waals surface area contributed by atoms with Gasteiger partial charge in [0.05, 0.1) is 34.5 Å². The normalized spacial score (nSPS) is 12.0. The first-order valence-corrected chi connectivity index (χ1v) is 7.48. The Morgan fingerprint density at radius 1 is 1.13 bits per heavy atom. The largest absolute Gasteiger partial charge is 0.467 e. The second kappa shape index (κ2) is 5.44. The van der Waals surface area contributed by atoms with Gasteiger partial charge in [-0.05, 0) is 42.0 Å². The van der Waals surface area contributed by atoms with Crippen LogP contribution in [-0.4, -0.2) is 0 Å². The van der Waals surface area contributed by atoms with Crippen LogP contribution in [0.4, 0.5) is 17.1 Å². The number of anilines is 3. The molecule has 0 atom stereocenters. The lowest BCUT2D eigenvalue weighted by Gasteiger charge is -2.13. The second-order valence-corrected chi connectivity index (χ2v) is 5.60. The van der Waals surface area contributed by atoms with E-state index in [1.807, 2.05) is 48.5 Å². The van der Waals surface area contributed by atoms with Gasteiger partial charge in [-0.3, -0.25) is 0 Å². The zero-order valence-corrected chi connectivity index (χ0v) is 12.7. The maximum Gasteiger partial charge on any atom is 0.122 e. The van der Waals surface area contributed by atoms with Gasteiger partial charge in [0.25, 0.3) is 0 Å². The van der Waals surface area contributed by atoms with Gasteiger partial charge in [-0.25, -0.2) is 0 Å². The van der Waals surface area contributed by atoms with Crippen molar-refractivity contribution in [1.29, 1.82) is 0 Å². The number of nitroso groups, excluding NO2 is 1. The van der Waals surface area contributed by atoms with Crippen molar-refractivity contribution in [2.45, 2.75) is 6.54 Å². The maximum atomic E-state index is 10.7. The van der Waals surface area contributed by atoms with Crippen molar-refractivity contribution in [2.75, 3.05) is 10.3 Å². The molecule has 1 N–H and O–H groups in total. The highest BCUT2D eigenvalue weighted by molar-refractivity contribution is 6.34. The number of fused-ring (bicyclic) bond motifs is 1. The summed E-state index contributed by atoms with van der Waals surface area (Å²) in [7, 11) is 0. The van der Waals surface area contributed by atoms with E-state index in [2.05, 4.69) is 10.6 Å². The van der Waals surface area contributed by atoms with Crippen LogP contribution in [-0.2, 0) is 6.54 Å². The Hall–Kier alpha value is -2.79. The zero-order valence-electron chi connectivity index (χ0n) is 12.0. The number of hydrogen-bond donors (Lipinski definition) is 1. The van der Waals surface area contributed by atoms with Gasteiger partial charge in [-0.1, -0.05) is 23.7 Å². The number of furan rings is 1. The highest BCUT2D eigenvalue weighted by Crippen LogP contribution is 2.50. The third-order valence-corrected chi connectivity index (χ3v) is 4.11. The van der Waals surface area contributed by atoms with E-state index in [0.717, 1.165) is 33.9 Å². The number of rotatable bonds is 5. The zero-order chi connectivity index (χ0) is 15.8. The smallest absolute Gasteiger partial charge is 0.122 e. The van der Waals surface area contributed by atoms with E-state index >= 15 is 0 Å². The standard InChI is InChI=1S/C17H12ClN3O2/c18-13-4-1-5-14(19-10-12-3-2-8-23-12)17(13)11-6-7-15-16(9-11)21(15)20-22/h1-9,19H,10H2. The molecular formula is C17H12ClN3O2. The average Bonchev–Trinajstić information content (AvgIpc) is 3.00. The van der Waals surface area contributed by atoms with Crippen LogP contribution in [0.25, 0.3) is 11.1 Å². The van der Waals surface area contributed by atoms with E-state index in [4.69, 9.17) is 16.0 Å². The van der Waals surface area contributed by atoms with Gasteiger partial charge in [-0.2, -0.15) is 5.01 Å². The first kappa shape index (κ1) is 13.8. The molecule has 2 heterocycles. The second-order valence-electron chi connectivity index (χ2n) is 5.19. The van der Waals surface area contributed by atoms with Crippen molar-refractivity contribution in [2.24, 2.45) is 5.29 Å². The van der Waals surface area contributed by atoms with Crippen LogP contribution in [0.5, 0.6) is 0 Å². The van der Waals surface area contributed by atoms with Crippen molar-refractivity contribution in [3.05, 3.63) is 70.5 Å². The molecule has 4 rings (SSSR count). The molecule has 5 nitrogen and oxygen atoms in total. The number of halogens is 1. The topological polar surface area (TPSA) is 57.6 Å². The Labute approximate surface area is 137 Å². The molecule has 1 aliphatic heterocycles. The minimum atomic E-state index is 0.563. The quantitative estimate of drug-likeness (QED) is 0.508. The molecule has 3 aromatic rings. The molecular weight excluding hydrogens is 314 g/mol. The first-order valence-electron chi connectivity index (χ1n) is 7.10. The summed E-state index contributed by atoms with van der Waals surface area (Å²) in [5.41, 5.74) is 4.37. The van der Waals surface area contributed by atoms with Gasteiger partial charge in [0.2, 0.25) is 0 Å². The van der Waals surface area contributed by atoms with Crippen molar-refractivity contribution in [3.63, 3.8) is 0 Å². The van der Waals surface area contributed by atoms with Crippen molar-refractivity contribution in [3.8, 4) is 11.1 Å². The molecule has 0 amide bonds. The third-order valence-electron chi connectivity index (χ3n) is 3.80. The molecule has 1 aliphatic rings. The van der Waals surface area contributed by atoms with Crippen LogP contribution >= 0.6 is 11.6 Å². The predicted octanol–water partition coefficient (Wildman–Crippen LogP) is 5.35. The van der Waals surface area contributed by atoms with Gasteiger partial charge >= 0.3 is 0 Å². The fourth-order valence-electron chi connectivity index (χ4n) is 2.64. The van der Waals surface area contributed by atoms with Gasteiger partial charge in [0, 0.05) is 11.3 Å². The van der Waals surface area contributed by atoms with Crippen molar-refractivity contribution >= 4 is 28.7 Å². The summed E-state index contributed by atoms with van der Waals surface area (Å²) in [6.07, 6.45) is 1.64. The predicted molar refractivity (Wildman–Crippen MR) is 90.9 cm³/mol. The minimum absolute atomic E-state index is 0.563. The fraction of sp³-hybridized carbons (Fsp3) is 0.0588. The molecule has 2 aromatic carbocycles. The molecule has 0 saturated heterocycles. The number of benzene rings is 2. The van der Waals surface area contributed by atoms with E-state index in [0.29, 0.717) is 11.6 Å². The number of nitrogens with zero attached hydrogens (tertiary/aromatic N) is 2. The lowest BCUT2D eigenvalue weighted by atomic mass is 10.0. The monoisotopic (exact) mass is 325 g/mol. The third kappa shape index (κ3) is 2.45.